The number of phenols is 1. The molecule has 0 amide bonds. The number of phenolic OH excluding ortho intramolecular Hbond substituents is 1. The molecule has 0 saturated heterocycles. The van der Waals surface area contributed by atoms with Gasteiger partial charge in [-0.05, 0) is 24.5 Å². The second kappa shape index (κ2) is 7.15. The predicted molar refractivity (Wildman–Crippen MR) is 67.1 cm³/mol. The molecule has 0 aliphatic heterocycles. The molecule has 0 bridgehead atoms. The molecule has 2 nitrogen and oxygen atoms in total. The fraction of sp³-hybridized carbons (Fsp3) is 0.571. The number of ether oxygens (including phenoxy) is 1. The van der Waals surface area contributed by atoms with E-state index in [0.717, 1.165) is 12.0 Å². The molecule has 1 aromatic carbocycles. The molecule has 0 saturated carbocycles. The van der Waals surface area contributed by atoms with Crippen LogP contribution < -0.4 is 4.74 Å². The van der Waals surface area contributed by atoms with E-state index in [0.29, 0.717) is 5.75 Å². The third kappa shape index (κ3) is 3.76. The minimum absolute atomic E-state index is 0.244. The first-order valence-corrected chi connectivity index (χ1v) is 6.14. The Balaban J connectivity index is 2.44. The van der Waals surface area contributed by atoms with Gasteiger partial charge in [-0.3, -0.25) is 0 Å². The highest BCUT2D eigenvalue weighted by molar-refractivity contribution is 5.45. The molecule has 1 aromatic rings. The molecular formula is C14H22O2. The first-order chi connectivity index (χ1) is 7.79. The fourth-order valence-corrected chi connectivity index (χ4v) is 1.92. The Morgan fingerprint density at radius 1 is 1.12 bits per heavy atom. The quantitative estimate of drug-likeness (QED) is 0.709. The van der Waals surface area contributed by atoms with Crippen LogP contribution in [0.5, 0.6) is 11.5 Å². The van der Waals surface area contributed by atoms with Gasteiger partial charge in [-0.15, -0.1) is 0 Å². The Morgan fingerprint density at radius 3 is 2.56 bits per heavy atom. The van der Waals surface area contributed by atoms with E-state index in [4.69, 9.17) is 4.74 Å². The van der Waals surface area contributed by atoms with Crippen molar-refractivity contribution in [2.24, 2.45) is 0 Å². The Kier molecular flexibility index (Phi) is 5.76. The third-order valence-electron chi connectivity index (χ3n) is 2.83. The van der Waals surface area contributed by atoms with E-state index < -0.39 is 0 Å². The van der Waals surface area contributed by atoms with Crippen molar-refractivity contribution in [1.82, 2.24) is 0 Å². The van der Waals surface area contributed by atoms with Crippen LogP contribution in [-0.2, 0) is 6.42 Å². The van der Waals surface area contributed by atoms with E-state index in [1.165, 1.54) is 32.1 Å². The standard InChI is InChI=1S/C14H22O2/c1-3-4-5-6-7-9-12-10-8-11-13(15)14(12)16-2/h8,10-11,15H,3-7,9H2,1-2H3. The van der Waals surface area contributed by atoms with Crippen molar-refractivity contribution in [2.75, 3.05) is 7.11 Å². The lowest BCUT2D eigenvalue weighted by molar-refractivity contribution is 0.368. The largest absolute Gasteiger partial charge is 0.504 e. The summed E-state index contributed by atoms with van der Waals surface area (Å²) in [6, 6.07) is 5.57. The summed E-state index contributed by atoms with van der Waals surface area (Å²) in [6.07, 6.45) is 7.30. The van der Waals surface area contributed by atoms with Gasteiger partial charge >= 0.3 is 0 Å². The van der Waals surface area contributed by atoms with Crippen LogP contribution in [0.1, 0.15) is 44.6 Å². The molecule has 0 radical (unpaired) electrons. The molecule has 1 N–H and O–H groups in total. The van der Waals surface area contributed by atoms with E-state index in [2.05, 4.69) is 6.92 Å². The molecule has 0 fully saturated rings. The second-order valence-electron chi connectivity index (χ2n) is 4.13. The summed E-state index contributed by atoms with van der Waals surface area (Å²) in [7, 11) is 1.61. The summed E-state index contributed by atoms with van der Waals surface area (Å²) in [4.78, 5) is 0. The Morgan fingerprint density at radius 2 is 1.88 bits per heavy atom. The molecule has 2 heteroatoms. The average Bonchev–Trinajstić information content (AvgIpc) is 2.29. The normalized spacial score (nSPS) is 10.4. The van der Waals surface area contributed by atoms with Gasteiger partial charge in [-0.1, -0.05) is 44.7 Å². The number of unbranched alkanes of at least 4 members (excludes halogenated alkanes) is 4. The molecule has 0 heterocycles. The van der Waals surface area contributed by atoms with Crippen LogP contribution in [0.2, 0.25) is 0 Å². The van der Waals surface area contributed by atoms with Gasteiger partial charge in [0.25, 0.3) is 0 Å². The molecule has 16 heavy (non-hydrogen) atoms. The van der Waals surface area contributed by atoms with Gasteiger partial charge in [0.05, 0.1) is 7.11 Å². The summed E-state index contributed by atoms with van der Waals surface area (Å²) >= 11 is 0. The van der Waals surface area contributed by atoms with Crippen molar-refractivity contribution in [3.8, 4) is 11.5 Å². The summed E-state index contributed by atoms with van der Waals surface area (Å²) in [5.41, 5.74) is 1.11. The van der Waals surface area contributed by atoms with Gasteiger partial charge in [0.2, 0.25) is 0 Å². The zero-order valence-electron chi connectivity index (χ0n) is 10.3. The lowest BCUT2D eigenvalue weighted by atomic mass is 10.0. The smallest absolute Gasteiger partial charge is 0.163 e. The van der Waals surface area contributed by atoms with Crippen molar-refractivity contribution in [2.45, 2.75) is 45.4 Å². The number of methoxy groups -OCH3 is 1. The van der Waals surface area contributed by atoms with E-state index in [9.17, 15) is 5.11 Å². The molecule has 0 aliphatic carbocycles. The molecule has 0 unspecified atom stereocenters. The fourth-order valence-electron chi connectivity index (χ4n) is 1.92. The average molecular weight is 222 g/mol. The van der Waals surface area contributed by atoms with E-state index in [1.54, 1.807) is 13.2 Å². The minimum Gasteiger partial charge on any atom is -0.504 e. The van der Waals surface area contributed by atoms with E-state index in [1.807, 2.05) is 12.1 Å². The minimum atomic E-state index is 0.244. The SMILES string of the molecule is CCCCCCCc1cccc(O)c1OC. The number of rotatable bonds is 7. The van der Waals surface area contributed by atoms with Gasteiger partial charge in [-0.2, -0.15) is 0 Å². The second-order valence-corrected chi connectivity index (χ2v) is 4.13. The molecule has 0 aliphatic rings. The van der Waals surface area contributed by atoms with Crippen molar-refractivity contribution in [3.63, 3.8) is 0 Å². The number of hydrogen-bond donors (Lipinski definition) is 1. The summed E-state index contributed by atoms with van der Waals surface area (Å²) in [5, 5.41) is 9.61. The zero-order chi connectivity index (χ0) is 11.8. The highest BCUT2D eigenvalue weighted by Gasteiger charge is 2.06. The maximum atomic E-state index is 9.61. The maximum absolute atomic E-state index is 9.61. The van der Waals surface area contributed by atoms with Crippen LogP contribution in [0.25, 0.3) is 0 Å². The van der Waals surface area contributed by atoms with Gasteiger partial charge < -0.3 is 9.84 Å². The molecule has 90 valence electrons. The van der Waals surface area contributed by atoms with Crippen molar-refractivity contribution in [1.29, 1.82) is 0 Å². The van der Waals surface area contributed by atoms with Crippen LogP contribution in [0.15, 0.2) is 18.2 Å². The van der Waals surface area contributed by atoms with Gasteiger partial charge in [0, 0.05) is 0 Å². The summed E-state index contributed by atoms with van der Waals surface area (Å²) in [6.45, 7) is 2.22. The first-order valence-electron chi connectivity index (χ1n) is 6.14. The molecule has 0 spiro atoms. The summed E-state index contributed by atoms with van der Waals surface area (Å²) < 4.78 is 5.20. The van der Waals surface area contributed by atoms with Crippen molar-refractivity contribution in [3.05, 3.63) is 23.8 Å². The maximum Gasteiger partial charge on any atom is 0.163 e. The van der Waals surface area contributed by atoms with E-state index >= 15 is 0 Å². The van der Waals surface area contributed by atoms with Crippen molar-refractivity contribution >= 4 is 0 Å². The summed E-state index contributed by atoms with van der Waals surface area (Å²) in [5.74, 6) is 0.881. The van der Waals surface area contributed by atoms with Gasteiger partial charge in [-0.25, -0.2) is 0 Å². The van der Waals surface area contributed by atoms with Crippen molar-refractivity contribution < 1.29 is 9.84 Å². The zero-order valence-corrected chi connectivity index (χ0v) is 10.3. The predicted octanol–water partition coefficient (Wildman–Crippen LogP) is 3.91. The van der Waals surface area contributed by atoms with Crippen LogP contribution in [-0.4, -0.2) is 12.2 Å². The van der Waals surface area contributed by atoms with Gasteiger partial charge in [0.1, 0.15) is 0 Å². The number of para-hydroxylation sites is 1. The lowest BCUT2D eigenvalue weighted by Crippen LogP contribution is -1.93. The van der Waals surface area contributed by atoms with Crippen LogP contribution in [0.4, 0.5) is 0 Å². The highest BCUT2D eigenvalue weighted by Crippen LogP contribution is 2.30. The Bertz CT molecular complexity index is 308. The van der Waals surface area contributed by atoms with E-state index in [-0.39, 0.29) is 5.75 Å². The Labute approximate surface area is 98.3 Å². The molecule has 0 atom stereocenters. The number of benzene rings is 1. The topological polar surface area (TPSA) is 29.5 Å². The number of hydrogen-bond acceptors (Lipinski definition) is 2. The first kappa shape index (κ1) is 12.9. The lowest BCUT2D eigenvalue weighted by Gasteiger charge is -2.09. The van der Waals surface area contributed by atoms with Crippen LogP contribution in [0.3, 0.4) is 0 Å². The van der Waals surface area contributed by atoms with Crippen LogP contribution in [0, 0.1) is 0 Å². The van der Waals surface area contributed by atoms with Crippen LogP contribution >= 0.6 is 0 Å². The highest BCUT2D eigenvalue weighted by atomic mass is 16.5. The third-order valence-corrected chi connectivity index (χ3v) is 2.83. The number of aryl methyl sites for hydroxylation is 1. The molecule has 1 rings (SSSR count). The Hall–Kier alpha value is -1.18. The molecular weight excluding hydrogens is 200 g/mol. The van der Waals surface area contributed by atoms with Gasteiger partial charge in [0.15, 0.2) is 11.5 Å². The number of aromatic hydroxyl groups is 1. The monoisotopic (exact) mass is 222 g/mol. The molecule has 0 aromatic heterocycles.